The highest BCUT2D eigenvalue weighted by molar-refractivity contribution is 7.92. The zero-order chi connectivity index (χ0) is 29.7. The van der Waals surface area contributed by atoms with Crippen molar-refractivity contribution in [2.24, 2.45) is 5.10 Å². The van der Waals surface area contributed by atoms with Crippen molar-refractivity contribution < 1.29 is 40.6 Å². The van der Waals surface area contributed by atoms with E-state index in [9.17, 15) is 26.4 Å². The van der Waals surface area contributed by atoms with E-state index in [1.54, 1.807) is 19.1 Å². The molecule has 0 saturated carbocycles. The molecule has 0 atom stereocenters. The molecule has 0 bridgehead atoms. The molecule has 0 saturated heterocycles. The van der Waals surface area contributed by atoms with Crippen molar-refractivity contribution in [3.63, 3.8) is 0 Å². The first-order valence-electron chi connectivity index (χ1n) is 11.4. The summed E-state index contributed by atoms with van der Waals surface area (Å²) in [7, 11) is -0.206. The van der Waals surface area contributed by atoms with Gasteiger partial charge in [-0.05, 0) is 49.4 Å². The van der Waals surface area contributed by atoms with E-state index in [2.05, 4.69) is 10.5 Å². The molecule has 3 aromatic rings. The lowest BCUT2D eigenvalue weighted by atomic mass is 10.2. The number of rotatable bonds is 10. The van der Waals surface area contributed by atoms with Crippen LogP contribution in [0.1, 0.15) is 16.7 Å². The zero-order valence-corrected chi connectivity index (χ0v) is 23.3. The first-order chi connectivity index (χ1) is 18.8. The quantitative estimate of drug-likeness (QED) is 0.259. The zero-order valence-electron chi connectivity index (χ0n) is 21.7. The molecule has 0 aromatic heterocycles. The smallest absolute Gasteiger partial charge is 0.417 e. The van der Waals surface area contributed by atoms with Crippen LogP contribution in [0.4, 0.5) is 18.9 Å². The molecular weight excluding hydrogens is 575 g/mol. The summed E-state index contributed by atoms with van der Waals surface area (Å²) < 4.78 is 83.8. The molecule has 214 valence electrons. The number of halogens is 4. The van der Waals surface area contributed by atoms with Gasteiger partial charge >= 0.3 is 6.18 Å². The van der Waals surface area contributed by atoms with E-state index in [1.165, 1.54) is 51.8 Å². The van der Waals surface area contributed by atoms with Crippen molar-refractivity contribution in [1.29, 1.82) is 0 Å². The minimum Gasteiger partial charge on any atom is -0.493 e. The maximum Gasteiger partial charge on any atom is 0.417 e. The molecule has 1 amide bonds. The largest absolute Gasteiger partial charge is 0.493 e. The molecule has 1 N–H and O–H groups in total. The van der Waals surface area contributed by atoms with Crippen LogP contribution in [-0.4, -0.2) is 48.4 Å². The van der Waals surface area contributed by atoms with E-state index in [-0.39, 0.29) is 4.90 Å². The van der Waals surface area contributed by atoms with Gasteiger partial charge in [0, 0.05) is 5.56 Å². The van der Waals surface area contributed by atoms with Crippen molar-refractivity contribution in [2.75, 3.05) is 32.2 Å². The Hall–Kier alpha value is -3.97. The van der Waals surface area contributed by atoms with Crippen molar-refractivity contribution >= 4 is 39.4 Å². The SMILES string of the molecule is COc1cc(/C=N\NC(=O)CN(c2ccc(Cl)c(C(F)(F)F)c2)S(=O)(=O)c2ccc(C)cc2)cc(OC)c1OC. The van der Waals surface area contributed by atoms with Gasteiger partial charge in [-0.1, -0.05) is 29.3 Å². The van der Waals surface area contributed by atoms with Gasteiger partial charge in [-0.2, -0.15) is 18.3 Å². The van der Waals surface area contributed by atoms with E-state index < -0.39 is 44.9 Å². The van der Waals surface area contributed by atoms with Gasteiger partial charge in [0.05, 0.1) is 48.7 Å². The van der Waals surface area contributed by atoms with Crippen LogP contribution in [0.15, 0.2) is 64.6 Å². The Bertz CT molecular complexity index is 1490. The predicted molar refractivity (Wildman–Crippen MR) is 144 cm³/mol. The summed E-state index contributed by atoms with van der Waals surface area (Å²) in [6.45, 7) is 0.851. The fourth-order valence-electron chi connectivity index (χ4n) is 3.56. The van der Waals surface area contributed by atoms with E-state index >= 15 is 0 Å². The minimum absolute atomic E-state index is 0.227. The van der Waals surface area contributed by atoms with Gasteiger partial charge < -0.3 is 14.2 Å². The number of benzene rings is 3. The van der Waals surface area contributed by atoms with E-state index in [4.69, 9.17) is 25.8 Å². The Morgan fingerprint density at radius 3 is 2.12 bits per heavy atom. The molecule has 0 heterocycles. The Morgan fingerprint density at radius 2 is 1.60 bits per heavy atom. The highest BCUT2D eigenvalue weighted by Crippen LogP contribution is 2.39. The first-order valence-corrected chi connectivity index (χ1v) is 13.2. The molecular formula is C26H25ClF3N3O6S. The molecule has 0 spiro atoms. The van der Waals surface area contributed by atoms with Crippen molar-refractivity contribution in [2.45, 2.75) is 18.0 Å². The van der Waals surface area contributed by atoms with Gasteiger partial charge in [-0.15, -0.1) is 0 Å². The summed E-state index contributed by atoms with van der Waals surface area (Å²) in [5.41, 5.74) is 1.71. The van der Waals surface area contributed by atoms with Gasteiger partial charge in [-0.25, -0.2) is 13.8 Å². The van der Waals surface area contributed by atoms with Gasteiger partial charge in [0.1, 0.15) is 6.54 Å². The topological polar surface area (TPSA) is 107 Å². The lowest BCUT2D eigenvalue weighted by Gasteiger charge is -2.25. The molecule has 0 radical (unpaired) electrons. The molecule has 3 aromatic carbocycles. The van der Waals surface area contributed by atoms with Crippen LogP contribution in [-0.2, 0) is 21.0 Å². The second kappa shape index (κ2) is 12.5. The number of carbonyl (C=O) groups is 1. The van der Waals surface area contributed by atoms with Crippen molar-refractivity contribution in [3.05, 3.63) is 76.3 Å². The summed E-state index contributed by atoms with van der Waals surface area (Å²) >= 11 is 5.72. The lowest BCUT2D eigenvalue weighted by Crippen LogP contribution is -2.39. The summed E-state index contributed by atoms with van der Waals surface area (Å²) in [4.78, 5) is 12.6. The Kier molecular flexibility index (Phi) is 9.53. The first kappa shape index (κ1) is 30.6. The predicted octanol–water partition coefficient (Wildman–Crippen LogP) is 5.04. The van der Waals surface area contributed by atoms with Crippen LogP contribution in [0.2, 0.25) is 5.02 Å². The second-order valence-electron chi connectivity index (χ2n) is 8.24. The monoisotopic (exact) mass is 599 g/mol. The molecule has 0 aliphatic rings. The third kappa shape index (κ3) is 6.96. The minimum atomic E-state index is -4.86. The standard InChI is InChI=1S/C26H25ClF3N3O6S/c1-16-5-8-19(9-6-16)40(35,36)33(18-7-10-21(27)20(13-18)26(28,29)30)15-24(34)32-31-14-17-11-22(37-2)25(39-4)23(12-17)38-3/h5-14H,15H2,1-4H3,(H,32,34)/b31-14-. The average Bonchev–Trinajstić information content (AvgIpc) is 2.91. The van der Waals surface area contributed by atoms with Crippen LogP contribution in [0.3, 0.4) is 0 Å². The molecule has 0 aliphatic heterocycles. The fraction of sp³-hybridized carbons (Fsp3) is 0.231. The van der Waals surface area contributed by atoms with Gasteiger partial charge in [0.15, 0.2) is 11.5 Å². The number of carbonyl (C=O) groups excluding carboxylic acids is 1. The van der Waals surface area contributed by atoms with Gasteiger partial charge in [0.25, 0.3) is 15.9 Å². The normalized spacial score (nSPS) is 11.8. The van der Waals surface area contributed by atoms with Crippen LogP contribution in [0, 0.1) is 6.92 Å². The summed E-state index contributed by atoms with van der Waals surface area (Å²) in [5, 5.41) is 3.21. The number of hydrogen-bond donors (Lipinski definition) is 1. The summed E-state index contributed by atoms with van der Waals surface area (Å²) in [6.07, 6.45) is -3.62. The van der Waals surface area contributed by atoms with Crippen molar-refractivity contribution in [1.82, 2.24) is 5.43 Å². The second-order valence-corrected chi connectivity index (χ2v) is 10.5. The number of hydrogen-bond acceptors (Lipinski definition) is 7. The molecule has 0 fully saturated rings. The number of anilines is 1. The summed E-state index contributed by atoms with van der Waals surface area (Å²) in [5.74, 6) is 0.0635. The molecule has 40 heavy (non-hydrogen) atoms. The Balaban J connectivity index is 1.94. The average molecular weight is 600 g/mol. The fourth-order valence-corrected chi connectivity index (χ4v) is 5.20. The van der Waals surface area contributed by atoms with Crippen LogP contribution in [0.25, 0.3) is 0 Å². The maximum atomic E-state index is 13.5. The van der Waals surface area contributed by atoms with Crippen LogP contribution in [0.5, 0.6) is 17.2 Å². The number of nitrogens with zero attached hydrogens (tertiary/aromatic N) is 2. The van der Waals surface area contributed by atoms with Gasteiger partial charge in [0.2, 0.25) is 5.75 Å². The van der Waals surface area contributed by atoms with Crippen LogP contribution >= 0.6 is 11.6 Å². The molecule has 0 unspecified atom stereocenters. The van der Waals surface area contributed by atoms with E-state index in [1.807, 2.05) is 0 Å². The molecule has 14 heteroatoms. The van der Waals surface area contributed by atoms with E-state index in [0.717, 1.165) is 17.7 Å². The number of nitrogens with one attached hydrogen (secondary N) is 1. The maximum absolute atomic E-state index is 13.5. The summed E-state index contributed by atoms with van der Waals surface area (Å²) in [6, 6.07) is 11.3. The van der Waals surface area contributed by atoms with Crippen molar-refractivity contribution in [3.8, 4) is 17.2 Å². The lowest BCUT2D eigenvalue weighted by molar-refractivity contribution is -0.137. The highest BCUT2D eigenvalue weighted by atomic mass is 35.5. The van der Waals surface area contributed by atoms with E-state index in [0.29, 0.717) is 33.2 Å². The Labute approximate surface area is 234 Å². The number of sulfonamides is 1. The number of alkyl halides is 3. The third-order valence-electron chi connectivity index (χ3n) is 5.53. The molecule has 0 aliphatic carbocycles. The number of aryl methyl sites for hydroxylation is 1. The third-order valence-corrected chi connectivity index (χ3v) is 7.65. The Morgan fingerprint density at radius 1 is 1.00 bits per heavy atom. The number of amides is 1. The highest BCUT2D eigenvalue weighted by Gasteiger charge is 2.35. The van der Waals surface area contributed by atoms with Crippen LogP contribution < -0.4 is 23.9 Å². The number of methoxy groups -OCH3 is 3. The van der Waals surface area contributed by atoms with Gasteiger partial charge in [-0.3, -0.25) is 9.10 Å². The molecule has 9 nitrogen and oxygen atoms in total. The number of ether oxygens (including phenoxy) is 3. The molecule has 3 rings (SSSR count). The number of hydrazone groups is 1.